The maximum absolute atomic E-state index is 12.8. The fraction of sp³-hybridized carbons (Fsp3) is 0.667. The van der Waals surface area contributed by atoms with Crippen LogP contribution in [-0.2, 0) is 5.41 Å². The summed E-state index contributed by atoms with van der Waals surface area (Å²) >= 11 is 0. The van der Waals surface area contributed by atoms with Gasteiger partial charge in [-0.25, -0.2) is 0 Å². The Morgan fingerprint density at radius 3 is 2.26 bits per heavy atom. The van der Waals surface area contributed by atoms with E-state index in [1.165, 1.54) is 0 Å². The van der Waals surface area contributed by atoms with Crippen molar-refractivity contribution in [3.8, 4) is 0 Å². The van der Waals surface area contributed by atoms with E-state index in [1.807, 2.05) is 25.7 Å². The number of piperidine rings is 1. The van der Waals surface area contributed by atoms with Crippen LogP contribution in [0, 0.1) is 5.92 Å². The average molecular weight is 327 g/mol. The lowest BCUT2D eigenvalue weighted by atomic mass is 9.96. The first-order chi connectivity index (χ1) is 10.7. The van der Waals surface area contributed by atoms with Gasteiger partial charge < -0.3 is 4.90 Å². The molecule has 3 heterocycles. The van der Waals surface area contributed by atoms with Gasteiger partial charge in [0.1, 0.15) is 5.82 Å². The molecule has 126 valence electrons. The number of nitrogens with zero attached hydrogens (tertiary/aromatic N) is 5. The molecule has 0 bridgehead atoms. The Kier molecular flexibility index (Phi) is 3.72. The number of hydrogen-bond acceptors (Lipinski definition) is 4. The Bertz CT molecular complexity index is 693. The van der Waals surface area contributed by atoms with E-state index in [9.17, 15) is 13.2 Å². The summed E-state index contributed by atoms with van der Waals surface area (Å²) in [7, 11) is 0. The highest BCUT2D eigenvalue weighted by molar-refractivity contribution is 5.46. The SMILES string of the molecule is CC(C)(C)c1nnc2ccc(N3CCC(C(F)(F)F)CC3)nn12. The molecule has 0 saturated carbocycles. The van der Waals surface area contributed by atoms with Crippen molar-refractivity contribution >= 4 is 11.5 Å². The highest BCUT2D eigenvalue weighted by atomic mass is 19.4. The van der Waals surface area contributed by atoms with E-state index < -0.39 is 12.1 Å². The molecule has 0 aliphatic carbocycles. The minimum Gasteiger partial charge on any atom is -0.355 e. The summed E-state index contributed by atoms with van der Waals surface area (Å²) in [6.07, 6.45) is -3.88. The zero-order valence-corrected chi connectivity index (χ0v) is 13.4. The third-order valence-electron chi connectivity index (χ3n) is 4.20. The van der Waals surface area contributed by atoms with Crippen LogP contribution in [0.15, 0.2) is 12.1 Å². The summed E-state index contributed by atoms with van der Waals surface area (Å²) in [6, 6.07) is 3.60. The van der Waals surface area contributed by atoms with Gasteiger partial charge >= 0.3 is 6.18 Å². The van der Waals surface area contributed by atoms with Crippen LogP contribution in [-0.4, -0.2) is 39.1 Å². The molecular weight excluding hydrogens is 307 g/mol. The predicted molar refractivity (Wildman–Crippen MR) is 80.5 cm³/mol. The Labute approximate surface area is 132 Å². The Morgan fingerprint density at radius 1 is 1.04 bits per heavy atom. The van der Waals surface area contributed by atoms with Gasteiger partial charge in [0.25, 0.3) is 0 Å². The van der Waals surface area contributed by atoms with Crippen molar-refractivity contribution < 1.29 is 13.2 Å². The molecule has 1 aliphatic heterocycles. The molecule has 5 nitrogen and oxygen atoms in total. The van der Waals surface area contributed by atoms with E-state index in [0.29, 0.717) is 24.6 Å². The Morgan fingerprint density at radius 2 is 1.70 bits per heavy atom. The number of hydrogen-bond donors (Lipinski definition) is 0. The van der Waals surface area contributed by atoms with Gasteiger partial charge in [0.05, 0.1) is 5.92 Å². The molecule has 2 aromatic rings. The third-order valence-corrected chi connectivity index (χ3v) is 4.20. The smallest absolute Gasteiger partial charge is 0.355 e. The monoisotopic (exact) mass is 327 g/mol. The molecule has 23 heavy (non-hydrogen) atoms. The number of rotatable bonds is 1. The van der Waals surface area contributed by atoms with Crippen molar-refractivity contribution in [2.75, 3.05) is 18.0 Å². The minimum atomic E-state index is -4.10. The summed E-state index contributed by atoms with van der Waals surface area (Å²) in [5.41, 5.74) is 0.428. The molecule has 0 N–H and O–H groups in total. The summed E-state index contributed by atoms with van der Waals surface area (Å²) < 4.78 is 40.0. The molecule has 0 atom stereocenters. The zero-order chi connectivity index (χ0) is 16.8. The summed E-state index contributed by atoms with van der Waals surface area (Å²) in [5.74, 6) is 0.200. The molecule has 3 rings (SSSR count). The highest BCUT2D eigenvalue weighted by Crippen LogP contribution is 2.35. The number of alkyl halides is 3. The predicted octanol–water partition coefficient (Wildman–Crippen LogP) is 3.20. The zero-order valence-electron chi connectivity index (χ0n) is 13.4. The first kappa shape index (κ1) is 16.0. The average Bonchev–Trinajstić information content (AvgIpc) is 2.89. The van der Waals surface area contributed by atoms with Crippen LogP contribution < -0.4 is 4.90 Å². The summed E-state index contributed by atoms with van der Waals surface area (Å²) in [6.45, 7) is 6.78. The van der Waals surface area contributed by atoms with Crippen molar-refractivity contribution in [3.05, 3.63) is 18.0 Å². The summed E-state index contributed by atoms with van der Waals surface area (Å²) in [5, 5.41) is 12.8. The number of aromatic nitrogens is 4. The van der Waals surface area contributed by atoms with E-state index in [1.54, 1.807) is 16.6 Å². The van der Waals surface area contributed by atoms with E-state index in [-0.39, 0.29) is 18.3 Å². The second-order valence-corrected chi connectivity index (χ2v) is 7.04. The van der Waals surface area contributed by atoms with Crippen LogP contribution in [0.25, 0.3) is 5.65 Å². The van der Waals surface area contributed by atoms with Crippen LogP contribution in [0.3, 0.4) is 0 Å². The van der Waals surface area contributed by atoms with Gasteiger partial charge in [-0.1, -0.05) is 20.8 Å². The van der Waals surface area contributed by atoms with E-state index in [0.717, 1.165) is 5.82 Å². The lowest BCUT2D eigenvalue weighted by Crippen LogP contribution is -2.39. The van der Waals surface area contributed by atoms with Crippen molar-refractivity contribution in [1.82, 2.24) is 19.8 Å². The molecule has 8 heteroatoms. The van der Waals surface area contributed by atoms with Crippen molar-refractivity contribution in [1.29, 1.82) is 0 Å². The molecule has 0 spiro atoms. The molecule has 1 fully saturated rings. The second-order valence-electron chi connectivity index (χ2n) is 7.04. The summed E-state index contributed by atoms with van der Waals surface area (Å²) in [4.78, 5) is 1.90. The van der Waals surface area contributed by atoms with E-state index >= 15 is 0 Å². The first-order valence-electron chi connectivity index (χ1n) is 7.71. The Hall–Kier alpha value is -1.86. The van der Waals surface area contributed by atoms with Gasteiger partial charge in [-0.3, -0.25) is 0 Å². The van der Waals surface area contributed by atoms with Gasteiger partial charge in [-0.05, 0) is 25.0 Å². The molecular formula is C15H20F3N5. The fourth-order valence-corrected chi connectivity index (χ4v) is 2.85. The molecule has 2 aromatic heterocycles. The minimum absolute atomic E-state index is 0.109. The second kappa shape index (κ2) is 5.35. The number of fused-ring (bicyclic) bond motifs is 1. The molecule has 1 aliphatic rings. The van der Waals surface area contributed by atoms with E-state index in [2.05, 4.69) is 15.3 Å². The van der Waals surface area contributed by atoms with Crippen molar-refractivity contribution in [2.24, 2.45) is 5.92 Å². The molecule has 0 aromatic carbocycles. The van der Waals surface area contributed by atoms with Crippen LogP contribution in [0.2, 0.25) is 0 Å². The van der Waals surface area contributed by atoms with Crippen LogP contribution >= 0.6 is 0 Å². The van der Waals surface area contributed by atoms with Gasteiger partial charge in [0.2, 0.25) is 0 Å². The van der Waals surface area contributed by atoms with Crippen LogP contribution in [0.5, 0.6) is 0 Å². The number of anilines is 1. The molecule has 0 unspecified atom stereocenters. The van der Waals surface area contributed by atoms with Crippen molar-refractivity contribution in [3.63, 3.8) is 0 Å². The first-order valence-corrected chi connectivity index (χ1v) is 7.71. The molecule has 0 amide bonds. The lowest BCUT2D eigenvalue weighted by molar-refractivity contribution is -0.179. The standard InChI is InChI=1S/C15H20F3N5/c1-14(2,3)13-20-19-11-4-5-12(21-23(11)13)22-8-6-10(7-9-22)15(16,17)18/h4-5,10H,6-9H2,1-3H3. The highest BCUT2D eigenvalue weighted by Gasteiger charge is 2.41. The topological polar surface area (TPSA) is 46.3 Å². The molecule has 1 saturated heterocycles. The Balaban J connectivity index is 1.84. The fourth-order valence-electron chi connectivity index (χ4n) is 2.85. The number of halogens is 3. The van der Waals surface area contributed by atoms with Gasteiger partial charge in [-0.2, -0.15) is 17.7 Å². The maximum atomic E-state index is 12.8. The van der Waals surface area contributed by atoms with Gasteiger partial charge in [0, 0.05) is 18.5 Å². The normalized spacial score (nSPS) is 17.9. The van der Waals surface area contributed by atoms with Gasteiger partial charge in [0.15, 0.2) is 11.5 Å². The van der Waals surface area contributed by atoms with E-state index in [4.69, 9.17) is 0 Å². The third kappa shape index (κ3) is 3.11. The van der Waals surface area contributed by atoms with Crippen LogP contribution in [0.4, 0.5) is 19.0 Å². The molecule has 0 radical (unpaired) electrons. The quantitative estimate of drug-likeness (QED) is 0.807. The van der Waals surface area contributed by atoms with Crippen LogP contribution in [0.1, 0.15) is 39.4 Å². The largest absolute Gasteiger partial charge is 0.391 e. The lowest BCUT2D eigenvalue weighted by Gasteiger charge is -2.33. The van der Waals surface area contributed by atoms with Gasteiger partial charge in [-0.15, -0.1) is 15.3 Å². The maximum Gasteiger partial charge on any atom is 0.391 e. The van der Waals surface area contributed by atoms with Crippen molar-refractivity contribution in [2.45, 2.75) is 45.2 Å².